The minimum Gasteiger partial charge on any atom is -0.393 e. The number of para-hydroxylation sites is 1. The summed E-state index contributed by atoms with van der Waals surface area (Å²) < 4.78 is 0. The van der Waals surface area contributed by atoms with Crippen molar-refractivity contribution in [2.24, 2.45) is 5.92 Å². The summed E-state index contributed by atoms with van der Waals surface area (Å²) in [6.07, 6.45) is 2.42. The zero-order valence-electron chi connectivity index (χ0n) is 11.9. The molecule has 2 aromatic rings. The topological polar surface area (TPSA) is 45.1 Å². The number of aryl methyl sites for hydroxylation is 1. The van der Waals surface area contributed by atoms with Gasteiger partial charge in [-0.3, -0.25) is 4.98 Å². The van der Waals surface area contributed by atoms with Gasteiger partial charge in [0.15, 0.2) is 0 Å². The van der Waals surface area contributed by atoms with E-state index in [0.717, 1.165) is 29.6 Å². The van der Waals surface area contributed by atoms with Crippen molar-refractivity contribution in [1.82, 2.24) is 4.98 Å². The first-order valence-corrected chi connectivity index (χ1v) is 6.84. The molecule has 2 unspecified atom stereocenters. The maximum atomic E-state index is 9.39. The second-order valence-corrected chi connectivity index (χ2v) is 5.40. The predicted octanol–water partition coefficient (Wildman–Crippen LogP) is 3.36. The van der Waals surface area contributed by atoms with Crippen molar-refractivity contribution >= 4 is 16.6 Å². The number of rotatable bonds is 5. The average Bonchev–Trinajstić information content (AvgIpc) is 2.36. The van der Waals surface area contributed by atoms with E-state index in [1.165, 1.54) is 5.56 Å². The van der Waals surface area contributed by atoms with Crippen molar-refractivity contribution in [3.63, 3.8) is 0 Å². The molecule has 0 aliphatic heterocycles. The molecule has 0 saturated carbocycles. The Balaban J connectivity index is 2.15. The van der Waals surface area contributed by atoms with E-state index >= 15 is 0 Å². The minimum atomic E-state index is -0.242. The molecule has 3 heteroatoms. The third-order valence-corrected chi connectivity index (χ3v) is 3.36. The van der Waals surface area contributed by atoms with Crippen molar-refractivity contribution in [2.45, 2.75) is 33.3 Å². The van der Waals surface area contributed by atoms with Gasteiger partial charge >= 0.3 is 0 Å². The Kier molecular flexibility index (Phi) is 4.38. The van der Waals surface area contributed by atoms with E-state index in [9.17, 15) is 5.11 Å². The molecular formula is C16H22N2O. The SMILES string of the molecule is Cc1cccc2c(NCC(C)CC(C)O)ccnc12. The summed E-state index contributed by atoms with van der Waals surface area (Å²) in [6, 6.07) is 8.24. The quantitative estimate of drug-likeness (QED) is 0.864. The number of pyridine rings is 1. The normalized spacial score (nSPS) is 14.3. The van der Waals surface area contributed by atoms with E-state index in [4.69, 9.17) is 0 Å². The summed E-state index contributed by atoms with van der Waals surface area (Å²) in [7, 11) is 0. The number of aliphatic hydroxyl groups excluding tert-OH is 1. The molecule has 1 aromatic carbocycles. The molecule has 2 rings (SSSR count). The zero-order chi connectivity index (χ0) is 13.8. The summed E-state index contributed by atoms with van der Waals surface area (Å²) in [5.41, 5.74) is 3.36. The highest BCUT2D eigenvalue weighted by atomic mass is 16.3. The van der Waals surface area contributed by atoms with Crippen LogP contribution in [0.2, 0.25) is 0 Å². The van der Waals surface area contributed by atoms with Gasteiger partial charge in [-0.1, -0.05) is 25.1 Å². The number of nitrogens with one attached hydrogen (secondary N) is 1. The number of hydrogen-bond donors (Lipinski definition) is 2. The van der Waals surface area contributed by atoms with Crippen molar-refractivity contribution in [3.8, 4) is 0 Å². The van der Waals surface area contributed by atoms with Gasteiger partial charge in [0.2, 0.25) is 0 Å². The molecule has 3 nitrogen and oxygen atoms in total. The molecule has 19 heavy (non-hydrogen) atoms. The minimum absolute atomic E-state index is 0.242. The first-order valence-electron chi connectivity index (χ1n) is 6.84. The Morgan fingerprint density at radius 3 is 2.79 bits per heavy atom. The van der Waals surface area contributed by atoms with Crippen molar-refractivity contribution < 1.29 is 5.11 Å². The molecule has 1 heterocycles. The van der Waals surface area contributed by atoms with Gasteiger partial charge in [0, 0.05) is 23.8 Å². The molecule has 102 valence electrons. The highest BCUT2D eigenvalue weighted by Crippen LogP contribution is 2.24. The lowest BCUT2D eigenvalue weighted by Gasteiger charge is -2.16. The van der Waals surface area contributed by atoms with Gasteiger partial charge in [0.1, 0.15) is 0 Å². The fraction of sp³-hybridized carbons (Fsp3) is 0.438. The van der Waals surface area contributed by atoms with E-state index in [2.05, 4.69) is 42.3 Å². The first-order chi connectivity index (χ1) is 9.08. The molecule has 0 fully saturated rings. The van der Waals surface area contributed by atoms with Gasteiger partial charge < -0.3 is 10.4 Å². The van der Waals surface area contributed by atoms with Gasteiger partial charge in [-0.05, 0) is 37.8 Å². The van der Waals surface area contributed by atoms with E-state index in [-0.39, 0.29) is 6.10 Å². The number of anilines is 1. The van der Waals surface area contributed by atoms with Gasteiger partial charge in [0.25, 0.3) is 0 Å². The van der Waals surface area contributed by atoms with Crippen molar-refractivity contribution in [1.29, 1.82) is 0 Å². The largest absolute Gasteiger partial charge is 0.393 e. The highest BCUT2D eigenvalue weighted by Gasteiger charge is 2.08. The molecule has 2 atom stereocenters. The Bertz CT molecular complexity index is 551. The third kappa shape index (κ3) is 3.44. The van der Waals surface area contributed by atoms with Crippen molar-refractivity contribution in [2.75, 3.05) is 11.9 Å². The van der Waals surface area contributed by atoms with Crippen LogP contribution in [0.5, 0.6) is 0 Å². The van der Waals surface area contributed by atoms with Crippen LogP contribution in [0.4, 0.5) is 5.69 Å². The van der Waals surface area contributed by atoms with Crippen LogP contribution in [0.25, 0.3) is 10.9 Å². The fourth-order valence-electron chi connectivity index (χ4n) is 2.43. The van der Waals surface area contributed by atoms with Crippen LogP contribution < -0.4 is 5.32 Å². The predicted molar refractivity (Wildman–Crippen MR) is 80.4 cm³/mol. The summed E-state index contributed by atoms with van der Waals surface area (Å²) in [5, 5.41) is 14.0. The maximum Gasteiger partial charge on any atom is 0.0751 e. The molecule has 0 radical (unpaired) electrons. The summed E-state index contributed by atoms with van der Waals surface area (Å²) in [5.74, 6) is 0.438. The van der Waals surface area contributed by atoms with Crippen LogP contribution in [0.15, 0.2) is 30.5 Å². The third-order valence-electron chi connectivity index (χ3n) is 3.36. The first kappa shape index (κ1) is 13.8. The van der Waals surface area contributed by atoms with Gasteiger partial charge in [-0.2, -0.15) is 0 Å². The van der Waals surface area contributed by atoms with Crippen LogP contribution in [0.3, 0.4) is 0 Å². The lowest BCUT2D eigenvalue weighted by Crippen LogP contribution is -2.16. The van der Waals surface area contributed by atoms with E-state index < -0.39 is 0 Å². The average molecular weight is 258 g/mol. The van der Waals surface area contributed by atoms with Gasteiger partial charge in [0.05, 0.1) is 11.6 Å². The molecule has 1 aromatic heterocycles. The lowest BCUT2D eigenvalue weighted by atomic mass is 10.0. The standard InChI is InChI=1S/C16H22N2O/c1-11(9-13(3)19)10-18-15-7-8-17-16-12(2)5-4-6-14(15)16/h4-8,11,13,19H,9-10H2,1-3H3,(H,17,18). The van der Waals surface area contributed by atoms with Crippen LogP contribution in [-0.2, 0) is 0 Å². The number of hydrogen-bond acceptors (Lipinski definition) is 3. The van der Waals surface area contributed by atoms with Crippen LogP contribution in [0, 0.1) is 12.8 Å². The number of nitrogens with zero attached hydrogens (tertiary/aromatic N) is 1. The molecule has 0 aliphatic carbocycles. The molecule has 0 saturated heterocycles. The van der Waals surface area contributed by atoms with Gasteiger partial charge in [-0.25, -0.2) is 0 Å². The Labute approximate surface area is 114 Å². The lowest BCUT2D eigenvalue weighted by molar-refractivity contribution is 0.166. The fourth-order valence-corrected chi connectivity index (χ4v) is 2.43. The van der Waals surface area contributed by atoms with Crippen LogP contribution in [0.1, 0.15) is 25.8 Å². The Hall–Kier alpha value is -1.61. The smallest absolute Gasteiger partial charge is 0.0751 e. The van der Waals surface area contributed by atoms with Crippen LogP contribution >= 0.6 is 0 Å². The monoisotopic (exact) mass is 258 g/mol. The molecule has 0 aliphatic rings. The van der Waals surface area contributed by atoms with Crippen molar-refractivity contribution in [3.05, 3.63) is 36.0 Å². The van der Waals surface area contributed by atoms with E-state index in [1.54, 1.807) is 0 Å². The van der Waals surface area contributed by atoms with E-state index in [0.29, 0.717) is 5.92 Å². The summed E-state index contributed by atoms with van der Waals surface area (Å²) >= 11 is 0. The second-order valence-electron chi connectivity index (χ2n) is 5.40. The molecule has 0 bridgehead atoms. The molecule has 2 N–H and O–H groups in total. The summed E-state index contributed by atoms with van der Waals surface area (Å²) in [4.78, 5) is 4.44. The maximum absolute atomic E-state index is 9.39. The Morgan fingerprint density at radius 1 is 1.26 bits per heavy atom. The van der Waals surface area contributed by atoms with Crippen LogP contribution in [-0.4, -0.2) is 22.7 Å². The Morgan fingerprint density at radius 2 is 2.05 bits per heavy atom. The highest BCUT2D eigenvalue weighted by molar-refractivity contribution is 5.92. The zero-order valence-corrected chi connectivity index (χ0v) is 11.9. The number of fused-ring (bicyclic) bond motifs is 1. The number of benzene rings is 1. The second kappa shape index (κ2) is 6.02. The molecule has 0 amide bonds. The van der Waals surface area contributed by atoms with Gasteiger partial charge in [-0.15, -0.1) is 0 Å². The number of aliphatic hydroxyl groups is 1. The number of aromatic nitrogens is 1. The molecule has 0 spiro atoms. The van der Waals surface area contributed by atoms with E-state index in [1.807, 2.05) is 19.2 Å². The molecular weight excluding hydrogens is 236 g/mol. The summed E-state index contributed by atoms with van der Waals surface area (Å²) in [6.45, 7) is 6.92.